The predicted octanol–water partition coefficient (Wildman–Crippen LogP) is 4.40. The van der Waals surface area contributed by atoms with E-state index < -0.39 is 23.9 Å². The minimum absolute atomic E-state index is 0.0919. The molecule has 2 aromatic heterocycles. The molecule has 2 heterocycles. The number of hydrogen-bond acceptors (Lipinski definition) is 4. The number of benzene rings is 2. The maximum atomic E-state index is 13.2. The van der Waals surface area contributed by atoms with E-state index in [1.165, 1.54) is 6.20 Å². The number of nitrogens with one attached hydrogen (secondary N) is 3. The van der Waals surface area contributed by atoms with Crippen LogP contribution in [-0.2, 0) is 11.3 Å². The fraction of sp³-hybridized carbons (Fsp3) is 0.190. The van der Waals surface area contributed by atoms with E-state index in [1.807, 2.05) is 0 Å². The highest BCUT2D eigenvalue weighted by Gasteiger charge is 2.31. The third kappa shape index (κ3) is 4.88. The number of fused-ring (bicyclic) bond motifs is 1. The second-order valence-electron chi connectivity index (χ2n) is 7.08. The monoisotopic (exact) mass is 461 g/mol. The number of nitrogens with zero attached hydrogens (tertiary/aromatic N) is 2. The molecular formula is C21H18F3N5O2S. The smallest absolute Gasteiger partial charge is 0.325 e. The lowest BCUT2D eigenvalue weighted by atomic mass is 10.2. The van der Waals surface area contributed by atoms with Crippen molar-refractivity contribution < 1.29 is 18.0 Å². The number of thioether (sulfide) groups is 1. The number of hydrogen-bond donors (Lipinski definition) is 3. The molecule has 4 rings (SSSR count). The van der Waals surface area contributed by atoms with E-state index in [0.717, 1.165) is 16.3 Å². The van der Waals surface area contributed by atoms with Crippen LogP contribution in [-0.4, -0.2) is 36.9 Å². The highest BCUT2D eigenvalue weighted by Crippen LogP contribution is 2.32. The van der Waals surface area contributed by atoms with Crippen LogP contribution in [0.3, 0.4) is 0 Å². The van der Waals surface area contributed by atoms with Crippen molar-refractivity contribution in [3.63, 3.8) is 0 Å². The number of carbonyl (C=O) groups excluding carboxylic acids is 1. The lowest BCUT2D eigenvalue weighted by Crippen LogP contribution is -2.24. The van der Waals surface area contributed by atoms with Gasteiger partial charge in [0.05, 0.1) is 28.2 Å². The standard InChI is InChI=1S/C21H18F3N5O2S/c1-12(18(30)26-14-7-8-15-16(9-14)28-19(31)27-15)32-20-25-10-17(13-5-3-2-4-6-13)29(20)11-21(22,23)24/h2-10,12H,11H2,1H3,(H,26,30)(H2,27,28,31). The molecule has 7 nitrogen and oxygen atoms in total. The Morgan fingerprint density at radius 3 is 2.59 bits per heavy atom. The number of aromatic amines is 2. The van der Waals surface area contributed by atoms with E-state index in [2.05, 4.69) is 20.3 Å². The summed E-state index contributed by atoms with van der Waals surface area (Å²) in [4.78, 5) is 33.4. The zero-order valence-corrected chi connectivity index (χ0v) is 17.6. The van der Waals surface area contributed by atoms with Gasteiger partial charge in [-0.25, -0.2) is 9.78 Å². The van der Waals surface area contributed by atoms with E-state index in [0.29, 0.717) is 28.0 Å². The normalized spacial score (nSPS) is 12.8. The Morgan fingerprint density at radius 2 is 1.88 bits per heavy atom. The number of H-pyrrole nitrogens is 2. The molecule has 0 saturated carbocycles. The number of aromatic nitrogens is 4. The Hall–Kier alpha value is -3.47. The minimum atomic E-state index is -4.45. The fourth-order valence-corrected chi connectivity index (χ4v) is 4.08. The number of alkyl halides is 3. The molecule has 0 aliphatic heterocycles. The number of halogens is 3. The van der Waals surface area contributed by atoms with Gasteiger partial charge in [-0.3, -0.25) is 4.79 Å². The fourth-order valence-electron chi connectivity index (χ4n) is 3.19. The summed E-state index contributed by atoms with van der Waals surface area (Å²) in [5.74, 6) is -0.407. The first-order valence-corrected chi connectivity index (χ1v) is 10.4. The van der Waals surface area contributed by atoms with Crippen LogP contribution in [0, 0.1) is 0 Å². The number of carbonyl (C=O) groups is 1. The van der Waals surface area contributed by atoms with E-state index >= 15 is 0 Å². The number of rotatable bonds is 6. The summed E-state index contributed by atoms with van der Waals surface area (Å²) in [6, 6.07) is 13.5. The van der Waals surface area contributed by atoms with E-state index in [9.17, 15) is 22.8 Å². The summed E-state index contributed by atoms with van der Waals surface area (Å²) in [5.41, 5.74) is 2.13. The van der Waals surface area contributed by atoms with Crippen LogP contribution < -0.4 is 11.0 Å². The largest absolute Gasteiger partial charge is 0.406 e. The van der Waals surface area contributed by atoms with E-state index in [1.54, 1.807) is 55.5 Å². The molecule has 0 aliphatic carbocycles. The zero-order valence-electron chi connectivity index (χ0n) is 16.7. The molecule has 32 heavy (non-hydrogen) atoms. The maximum Gasteiger partial charge on any atom is 0.406 e. The Kier molecular flexibility index (Phi) is 5.83. The third-order valence-corrected chi connectivity index (χ3v) is 5.77. The van der Waals surface area contributed by atoms with Gasteiger partial charge in [-0.2, -0.15) is 13.2 Å². The highest BCUT2D eigenvalue weighted by atomic mass is 32.2. The minimum Gasteiger partial charge on any atom is -0.325 e. The van der Waals surface area contributed by atoms with Crippen LogP contribution >= 0.6 is 11.8 Å². The Balaban J connectivity index is 1.54. The highest BCUT2D eigenvalue weighted by molar-refractivity contribution is 8.00. The Labute approximate surface area is 184 Å². The molecule has 0 radical (unpaired) electrons. The molecule has 3 N–H and O–H groups in total. The van der Waals surface area contributed by atoms with Gasteiger partial charge in [-0.05, 0) is 30.7 Å². The third-order valence-electron chi connectivity index (χ3n) is 4.66. The van der Waals surface area contributed by atoms with Gasteiger partial charge in [-0.1, -0.05) is 42.1 Å². The molecule has 11 heteroatoms. The summed E-state index contributed by atoms with van der Waals surface area (Å²) >= 11 is 0.937. The average molecular weight is 461 g/mol. The second-order valence-corrected chi connectivity index (χ2v) is 8.39. The molecule has 4 aromatic rings. The van der Waals surface area contributed by atoms with Crippen LogP contribution in [0.4, 0.5) is 18.9 Å². The van der Waals surface area contributed by atoms with Crippen molar-refractivity contribution in [2.24, 2.45) is 0 Å². The molecule has 0 bridgehead atoms. The molecule has 0 aliphatic rings. The molecule has 0 fully saturated rings. The first kappa shape index (κ1) is 21.8. The predicted molar refractivity (Wildman–Crippen MR) is 117 cm³/mol. The van der Waals surface area contributed by atoms with Gasteiger partial charge in [0.15, 0.2) is 5.16 Å². The second kappa shape index (κ2) is 8.58. The van der Waals surface area contributed by atoms with Crippen LogP contribution in [0.1, 0.15) is 6.92 Å². The topological polar surface area (TPSA) is 95.6 Å². The van der Waals surface area contributed by atoms with Crippen LogP contribution in [0.5, 0.6) is 0 Å². The van der Waals surface area contributed by atoms with E-state index in [-0.39, 0.29) is 10.8 Å². The van der Waals surface area contributed by atoms with Gasteiger partial charge < -0.3 is 19.9 Å². The lowest BCUT2D eigenvalue weighted by molar-refractivity contribution is -0.141. The molecule has 166 valence electrons. The number of amides is 1. The van der Waals surface area contributed by atoms with Gasteiger partial charge in [-0.15, -0.1) is 0 Å². The van der Waals surface area contributed by atoms with Crippen molar-refractivity contribution in [2.45, 2.75) is 30.1 Å². The first-order valence-electron chi connectivity index (χ1n) is 9.57. The van der Waals surface area contributed by atoms with Crippen molar-refractivity contribution in [2.75, 3.05) is 5.32 Å². The Bertz CT molecular complexity index is 1310. The summed E-state index contributed by atoms with van der Waals surface area (Å²) in [5, 5.41) is 2.08. The number of anilines is 1. The quantitative estimate of drug-likeness (QED) is 0.371. The average Bonchev–Trinajstić information content (AvgIpc) is 3.29. The van der Waals surface area contributed by atoms with Crippen LogP contribution in [0.2, 0.25) is 0 Å². The maximum absolute atomic E-state index is 13.2. The molecule has 0 spiro atoms. The molecule has 1 unspecified atom stereocenters. The van der Waals surface area contributed by atoms with Crippen molar-refractivity contribution in [1.82, 2.24) is 19.5 Å². The van der Waals surface area contributed by atoms with Crippen molar-refractivity contribution >= 4 is 34.4 Å². The van der Waals surface area contributed by atoms with Gasteiger partial charge in [0, 0.05) is 5.69 Å². The van der Waals surface area contributed by atoms with E-state index in [4.69, 9.17) is 0 Å². The van der Waals surface area contributed by atoms with Gasteiger partial charge in [0.2, 0.25) is 5.91 Å². The molecule has 1 amide bonds. The van der Waals surface area contributed by atoms with Crippen molar-refractivity contribution in [3.8, 4) is 11.3 Å². The molecular weight excluding hydrogens is 443 g/mol. The summed E-state index contributed by atoms with van der Waals surface area (Å²) in [6.07, 6.45) is -3.07. The van der Waals surface area contributed by atoms with Gasteiger partial charge in [0.1, 0.15) is 6.54 Å². The van der Waals surface area contributed by atoms with Crippen molar-refractivity contribution in [1.29, 1.82) is 0 Å². The van der Waals surface area contributed by atoms with Crippen LogP contribution in [0.25, 0.3) is 22.3 Å². The zero-order chi connectivity index (χ0) is 22.9. The summed E-state index contributed by atoms with van der Waals surface area (Å²) in [6.45, 7) is 0.372. The molecule has 0 saturated heterocycles. The summed E-state index contributed by atoms with van der Waals surface area (Å²) in [7, 11) is 0. The van der Waals surface area contributed by atoms with Crippen molar-refractivity contribution in [3.05, 3.63) is 65.2 Å². The first-order chi connectivity index (χ1) is 15.2. The summed E-state index contributed by atoms with van der Waals surface area (Å²) < 4.78 is 40.8. The lowest BCUT2D eigenvalue weighted by Gasteiger charge is -2.16. The van der Waals surface area contributed by atoms with Crippen LogP contribution in [0.15, 0.2) is 64.7 Å². The van der Waals surface area contributed by atoms with Gasteiger partial charge in [0.25, 0.3) is 0 Å². The van der Waals surface area contributed by atoms with Gasteiger partial charge >= 0.3 is 11.9 Å². The Morgan fingerprint density at radius 1 is 1.16 bits per heavy atom. The molecule has 1 atom stereocenters. The SMILES string of the molecule is CC(Sc1ncc(-c2ccccc2)n1CC(F)(F)F)C(=O)Nc1ccc2[nH]c(=O)[nH]c2c1. The molecule has 2 aromatic carbocycles. The number of imidazole rings is 2.